The van der Waals surface area contributed by atoms with Crippen LogP contribution in [0.15, 0.2) is 22.8 Å². The molecule has 2 nitrogen and oxygen atoms in total. The highest BCUT2D eigenvalue weighted by molar-refractivity contribution is 5.12. The fraction of sp³-hybridized carbons (Fsp3) is 0.692. The van der Waals surface area contributed by atoms with E-state index in [0.29, 0.717) is 5.41 Å². The van der Waals surface area contributed by atoms with Crippen LogP contribution in [0.4, 0.5) is 0 Å². The van der Waals surface area contributed by atoms with E-state index in [9.17, 15) is 5.11 Å². The van der Waals surface area contributed by atoms with E-state index in [1.54, 1.807) is 6.26 Å². The summed E-state index contributed by atoms with van der Waals surface area (Å²) in [5.41, 5.74) is -0.405. The van der Waals surface area contributed by atoms with Crippen LogP contribution in [0, 0.1) is 11.3 Å². The fourth-order valence-corrected chi connectivity index (χ4v) is 2.77. The number of hydrogen-bond acceptors (Lipinski definition) is 2. The summed E-state index contributed by atoms with van der Waals surface area (Å²) < 4.78 is 5.36. The Balaban J connectivity index is 2.24. The number of hydrogen-bond donors (Lipinski definition) is 1. The van der Waals surface area contributed by atoms with Crippen molar-refractivity contribution in [2.45, 2.75) is 45.6 Å². The highest BCUT2D eigenvalue weighted by atomic mass is 16.4. The Labute approximate surface area is 91.3 Å². The average Bonchev–Trinajstić information content (AvgIpc) is 2.64. The minimum Gasteiger partial charge on any atom is -0.466 e. The third kappa shape index (κ3) is 1.83. The van der Waals surface area contributed by atoms with Crippen molar-refractivity contribution in [1.29, 1.82) is 0 Å². The first kappa shape index (κ1) is 10.7. The molecule has 2 rings (SSSR count). The molecule has 1 aromatic rings. The number of rotatable bonds is 1. The van der Waals surface area contributed by atoms with Gasteiger partial charge in [-0.25, -0.2) is 0 Å². The van der Waals surface area contributed by atoms with E-state index in [1.807, 2.05) is 12.1 Å². The van der Waals surface area contributed by atoms with Crippen molar-refractivity contribution in [3.63, 3.8) is 0 Å². The molecule has 1 aliphatic rings. The molecular formula is C13H20O2. The SMILES string of the molecule is CC1CC(C)(C)CCC1(O)c1ccco1. The summed E-state index contributed by atoms with van der Waals surface area (Å²) in [6.45, 7) is 6.65. The first-order valence-electron chi connectivity index (χ1n) is 5.70. The van der Waals surface area contributed by atoms with Gasteiger partial charge in [0.15, 0.2) is 0 Å². The van der Waals surface area contributed by atoms with E-state index in [4.69, 9.17) is 4.42 Å². The van der Waals surface area contributed by atoms with Crippen LogP contribution in [-0.2, 0) is 5.60 Å². The van der Waals surface area contributed by atoms with Crippen molar-refractivity contribution in [2.24, 2.45) is 11.3 Å². The molecule has 84 valence electrons. The molecule has 1 N–H and O–H groups in total. The van der Waals surface area contributed by atoms with Gasteiger partial charge in [-0.05, 0) is 42.7 Å². The first-order valence-corrected chi connectivity index (χ1v) is 5.70. The van der Waals surface area contributed by atoms with E-state index in [-0.39, 0.29) is 5.92 Å². The van der Waals surface area contributed by atoms with E-state index < -0.39 is 5.60 Å². The Morgan fingerprint density at radius 2 is 2.13 bits per heavy atom. The minimum atomic E-state index is -0.751. The Hall–Kier alpha value is -0.760. The lowest BCUT2D eigenvalue weighted by molar-refractivity contribution is -0.0909. The molecule has 15 heavy (non-hydrogen) atoms. The van der Waals surface area contributed by atoms with Gasteiger partial charge >= 0.3 is 0 Å². The molecule has 0 spiro atoms. The van der Waals surface area contributed by atoms with Crippen LogP contribution in [0.1, 0.15) is 45.8 Å². The summed E-state index contributed by atoms with van der Waals surface area (Å²) in [5, 5.41) is 10.6. The van der Waals surface area contributed by atoms with Gasteiger partial charge in [0.2, 0.25) is 0 Å². The van der Waals surface area contributed by atoms with E-state index in [0.717, 1.165) is 25.0 Å². The summed E-state index contributed by atoms with van der Waals surface area (Å²) in [5.74, 6) is 0.984. The molecule has 1 fully saturated rings. The predicted molar refractivity (Wildman–Crippen MR) is 59.4 cm³/mol. The molecule has 0 saturated heterocycles. The standard InChI is InChI=1S/C13H20O2/c1-10-9-12(2,3)6-7-13(10,14)11-5-4-8-15-11/h4-5,8,10,14H,6-7,9H2,1-3H3. The molecule has 0 amide bonds. The Morgan fingerprint density at radius 3 is 2.67 bits per heavy atom. The molecule has 1 saturated carbocycles. The third-order valence-electron chi connectivity index (χ3n) is 3.80. The second-order valence-corrected chi connectivity index (χ2v) is 5.67. The van der Waals surface area contributed by atoms with Crippen LogP contribution in [-0.4, -0.2) is 5.11 Å². The van der Waals surface area contributed by atoms with Crippen LogP contribution in [0.5, 0.6) is 0 Å². The zero-order chi connectivity index (χ0) is 11.1. The van der Waals surface area contributed by atoms with Gasteiger partial charge in [0.1, 0.15) is 11.4 Å². The molecule has 1 heterocycles. The van der Waals surface area contributed by atoms with Crippen molar-refractivity contribution in [2.75, 3.05) is 0 Å². The van der Waals surface area contributed by atoms with Crippen LogP contribution < -0.4 is 0 Å². The lowest BCUT2D eigenvalue weighted by Gasteiger charge is -2.44. The molecular weight excluding hydrogens is 188 g/mol. The minimum absolute atomic E-state index is 0.257. The topological polar surface area (TPSA) is 33.4 Å². The molecule has 1 aliphatic carbocycles. The fourth-order valence-electron chi connectivity index (χ4n) is 2.77. The molecule has 2 atom stereocenters. The molecule has 0 radical (unpaired) electrons. The van der Waals surface area contributed by atoms with E-state index in [2.05, 4.69) is 20.8 Å². The van der Waals surface area contributed by atoms with Gasteiger partial charge in [-0.1, -0.05) is 20.8 Å². The van der Waals surface area contributed by atoms with Crippen LogP contribution >= 0.6 is 0 Å². The van der Waals surface area contributed by atoms with Gasteiger partial charge in [-0.15, -0.1) is 0 Å². The van der Waals surface area contributed by atoms with Crippen molar-refractivity contribution in [1.82, 2.24) is 0 Å². The Kier molecular flexibility index (Phi) is 2.42. The van der Waals surface area contributed by atoms with Gasteiger partial charge in [0, 0.05) is 0 Å². The lowest BCUT2D eigenvalue weighted by Crippen LogP contribution is -2.41. The van der Waals surface area contributed by atoms with Crippen molar-refractivity contribution in [3.05, 3.63) is 24.2 Å². The van der Waals surface area contributed by atoms with Crippen LogP contribution in [0.25, 0.3) is 0 Å². The smallest absolute Gasteiger partial charge is 0.135 e. The second-order valence-electron chi connectivity index (χ2n) is 5.67. The van der Waals surface area contributed by atoms with Gasteiger partial charge in [0.05, 0.1) is 6.26 Å². The van der Waals surface area contributed by atoms with Gasteiger partial charge < -0.3 is 9.52 Å². The summed E-state index contributed by atoms with van der Waals surface area (Å²) in [4.78, 5) is 0. The largest absolute Gasteiger partial charge is 0.466 e. The number of aliphatic hydroxyl groups is 1. The van der Waals surface area contributed by atoms with E-state index in [1.165, 1.54) is 0 Å². The first-order chi connectivity index (χ1) is 6.94. The Morgan fingerprint density at radius 1 is 1.40 bits per heavy atom. The molecule has 0 aliphatic heterocycles. The summed E-state index contributed by atoms with van der Waals surface area (Å²) in [7, 11) is 0. The van der Waals surface area contributed by atoms with Crippen molar-refractivity contribution in [3.8, 4) is 0 Å². The molecule has 1 aromatic heterocycles. The third-order valence-corrected chi connectivity index (χ3v) is 3.80. The van der Waals surface area contributed by atoms with Crippen molar-refractivity contribution < 1.29 is 9.52 Å². The highest BCUT2D eigenvalue weighted by Gasteiger charge is 2.45. The maximum atomic E-state index is 10.6. The normalized spacial score (nSPS) is 35.3. The van der Waals surface area contributed by atoms with Crippen LogP contribution in [0.3, 0.4) is 0 Å². The Bertz CT molecular complexity index is 326. The maximum Gasteiger partial charge on any atom is 0.135 e. The molecule has 0 bridgehead atoms. The van der Waals surface area contributed by atoms with Gasteiger partial charge in [0.25, 0.3) is 0 Å². The molecule has 2 heteroatoms. The summed E-state index contributed by atoms with van der Waals surface area (Å²) in [6, 6.07) is 3.73. The summed E-state index contributed by atoms with van der Waals surface area (Å²) >= 11 is 0. The quantitative estimate of drug-likeness (QED) is 0.768. The zero-order valence-electron chi connectivity index (χ0n) is 9.79. The second kappa shape index (κ2) is 3.38. The lowest BCUT2D eigenvalue weighted by atomic mass is 9.65. The van der Waals surface area contributed by atoms with Crippen molar-refractivity contribution >= 4 is 0 Å². The van der Waals surface area contributed by atoms with E-state index >= 15 is 0 Å². The maximum absolute atomic E-state index is 10.6. The molecule has 0 aromatic carbocycles. The zero-order valence-corrected chi connectivity index (χ0v) is 9.79. The summed E-state index contributed by atoms with van der Waals surface area (Å²) in [6.07, 6.45) is 4.53. The predicted octanol–water partition coefficient (Wildman–Crippen LogP) is 3.31. The molecule has 2 unspecified atom stereocenters. The average molecular weight is 208 g/mol. The van der Waals surface area contributed by atoms with Gasteiger partial charge in [-0.2, -0.15) is 0 Å². The van der Waals surface area contributed by atoms with Gasteiger partial charge in [-0.3, -0.25) is 0 Å². The highest BCUT2D eigenvalue weighted by Crippen LogP contribution is 2.48. The number of furan rings is 1. The monoisotopic (exact) mass is 208 g/mol. The van der Waals surface area contributed by atoms with Crippen LogP contribution in [0.2, 0.25) is 0 Å².